The van der Waals surface area contributed by atoms with E-state index in [9.17, 15) is 13.7 Å². The zero-order chi connectivity index (χ0) is 19.1. The van der Waals surface area contributed by atoms with Gasteiger partial charge in [-0.15, -0.1) is 0 Å². The van der Waals surface area contributed by atoms with Crippen LogP contribution in [0.4, 0.5) is 0 Å². The maximum Gasteiger partial charge on any atom is 0.244 e. The van der Waals surface area contributed by atoms with Crippen LogP contribution in [0, 0.1) is 11.3 Å². The monoisotopic (exact) mass is 376 g/mol. The summed E-state index contributed by atoms with van der Waals surface area (Å²) in [4.78, 5) is 0.0523. The van der Waals surface area contributed by atoms with Gasteiger partial charge in [0.1, 0.15) is 6.07 Å². The van der Waals surface area contributed by atoms with Gasteiger partial charge >= 0.3 is 0 Å². The first-order valence-electron chi connectivity index (χ1n) is 8.68. The van der Waals surface area contributed by atoms with Crippen LogP contribution in [-0.4, -0.2) is 19.3 Å². The van der Waals surface area contributed by atoms with Gasteiger partial charge in [-0.05, 0) is 29.7 Å². The molecule has 0 amide bonds. The van der Waals surface area contributed by atoms with Gasteiger partial charge in [-0.25, -0.2) is 8.42 Å². The number of hydrogen-bond acceptors (Lipinski definition) is 3. The van der Waals surface area contributed by atoms with Gasteiger partial charge in [-0.2, -0.15) is 9.57 Å². The lowest BCUT2D eigenvalue weighted by Crippen LogP contribution is -2.33. The lowest BCUT2D eigenvalue weighted by atomic mass is 10.1. The molecule has 0 heterocycles. The molecule has 0 unspecified atom stereocenters. The van der Waals surface area contributed by atoms with Gasteiger partial charge in [0.2, 0.25) is 10.0 Å². The summed E-state index contributed by atoms with van der Waals surface area (Å²) in [7, 11) is -3.80. The van der Waals surface area contributed by atoms with Crippen molar-refractivity contribution in [3.8, 4) is 6.07 Å². The molecular weight excluding hydrogens is 356 g/mol. The summed E-state index contributed by atoms with van der Waals surface area (Å²) in [6, 6.07) is 27.6. The summed E-state index contributed by atoms with van der Waals surface area (Å²) in [5, 5.41) is 9.33. The van der Waals surface area contributed by atoms with Crippen molar-refractivity contribution in [1.82, 2.24) is 4.31 Å². The standard InChI is InChI=1S/C22H20N2O2S/c23-17-21-13-7-8-14-22(21)27(25,26)24(18-20-11-5-2-6-12-20)16-15-19-9-3-1-4-10-19/h1-14H,15-16,18H2. The second-order valence-corrected chi connectivity index (χ2v) is 8.07. The first-order valence-corrected chi connectivity index (χ1v) is 10.1. The summed E-state index contributed by atoms with van der Waals surface area (Å²) >= 11 is 0. The van der Waals surface area contributed by atoms with E-state index < -0.39 is 10.0 Å². The zero-order valence-electron chi connectivity index (χ0n) is 14.8. The van der Waals surface area contributed by atoms with Crippen LogP contribution in [0.3, 0.4) is 0 Å². The van der Waals surface area contributed by atoms with Gasteiger partial charge in [-0.3, -0.25) is 0 Å². The van der Waals surface area contributed by atoms with Crippen LogP contribution < -0.4 is 0 Å². The number of nitriles is 1. The number of benzene rings is 3. The summed E-state index contributed by atoms with van der Waals surface area (Å²) in [6.07, 6.45) is 0.599. The van der Waals surface area contributed by atoms with E-state index in [1.54, 1.807) is 12.1 Å². The first-order chi connectivity index (χ1) is 13.1. The average Bonchev–Trinajstić information content (AvgIpc) is 2.72. The van der Waals surface area contributed by atoms with Gasteiger partial charge < -0.3 is 0 Å². The smallest absolute Gasteiger partial charge is 0.207 e. The van der Waals surface area contributed by atoms with Crippen LogP contribution in [0.1, 0.15) is 16.7 Å². The minimum atomic E-state index is -3.80. The van der Waals surface area contributed by atoms with Gasteiger partial charge in [-0.1, -0.05) is 72.8 Å². The maximum atomic E-state index is 13.3. The van der Waals surface area contributed by atoms with E-state index in [4.69, 9.17) is 0 Å². The molecule has 3 aromatic carbocycles. The minimum absolute atomic E-state index is 0.0523. The van der Waals surface area contributed by atoms with E-state index in [0.29, 0.717) is 13.0 Å². The van der Waals surface area contributed by atoms with Crippen molar-refractivity contribution in [2.24, 2.45) is 0 Å². The number of hydrogen-bond donors (Lipinski definition) is 0. The third-order valence-electron chi connectivity index (χ3n) is 4.32. The Balaban J connectivity index is 1.93. The predicted molar refractivity (Wildman–Crippen MR) is 105 cm³/mol. The van der Waals surface area contributed by atoms with Gasteiger partial charge in [0, 0.05) is 13.1 Å². The third-order valence-corrected chi connectivity index (χ3v) is 6.22. The highest BCUT2D eigenvalue weighted by molar-refractivity contribution is 7.89. The molecule has 5 heteroatoms. The third kappa shape index (κ3) is 4.62. The summed E-state index contributed by atoms with van der Waals surface area (Å²) in [5.41, 5.74) is 2.14. The Bertz CT molecular complexity index is 1030. The van der Waals surface area contributed by atoms with E-state index in [1.807, 2.05) is 66.7 Å². The van der Waals surface area contributed by atoms with Crippen LogP contribution in [0.5, 0.6) is 0 Å². The molecule has 0 aliphatic carbocycles. The molecule has 0 spiro atoms. The van der Waals surface area contributed by atoms with Crippen LogP contribution >= 0.6 is 0 Å². The van der Waals surface area contributed by atoms with Crippen molar-refractivity contribution in [2.45, 2.75) is 17.9 Å². The lowest BCUT2D eigenvalue weighted by Gasteiger charge is -2.23. The number of sulfonamides is 1. The molecule has 3 rings (SSSR count). The molecule has 0 N–H and O–H groups in total. The highest BCUT2D eigenvalue weighted by atomic mass is 32.2. The molecule has 136 valence electrons. The number of rotatable bonds is 7. The Labute approximate surface area is 160 Å². The molecule has 0 saturated carbocycles. The van der Waals surface area contributed by atoms with Crippen LogP contribution in [-0.2, 0) is 23.0 Å². The Kier molecular flexibility index (Phi) is 6.02. The number of nitrogens with zero attached hydrogens (tertiary/aromatic N) is 2. The SMILES string of the molecule is N#Cc1ccccc1S(=O)(=O)N(CCc1ccccc1)Cc1ccccc1. The first kappa shape index (κ1) is 18.8. The van der Waals surface area contributed by atoms with Crippen molar-refractivity contribution in [3.05, 3.63) is 102 Å². The lowest BCUT2D eigenvalue weighted by molar-refractivity contribution is 0.409. The molecule has 3 aromatic rings. The van der Waals surface area contributed by atoms with E-state index in [2.05, 4.69) is 0 Å². The Morgan fingerprint density at radius 1 is 0.778 bits per heavy atom. The fraction of sp³-hybridized carbons (Fsp3) is 0.136. The van der Waals surface area contributed by atoms with Crippen molar-refractivity contribution in [1.29, 1.82) is 5.26 Å². The largest absolute Gasteiger partial charge is 0.244 e. The topological polar surface area (TPSA) is 61.2 Å². The predicted octanol–water partition coefficient (Wildman–Crippen LogP) is 3.99. The molecule has 4 nitrogen and oxygen atoms in total. The summed E-state index contributed by atoms with van der Waals surface area (Å²) in [5.74, 6) is 0. The van der Waals surface area contributed by atoms with Crippen molar-refractivity contribution in [2.75, 3.05) is 6.54 Å². The van der Waals surface area contributed by atoms with E-state index >= 15 is 0 Å². The molecule has 0 bridgehead atoms. The van der Waals surface area contributed by atoms with Gasteiger partial charge in [0.05, 0.1) is 10.5 Å². The summed E-state index contributed by atoms with van der Waals surface area (Å²) in [6.45, 7) is 0.594. The van der Waals surface area contributed by atoms with Gasteiger partial charge in [0.25, 0.3) is 0 Å². The van der Waals surface area contributed by atoms with Crippen molar-refractivity contribution >= 4 is 10.0 Å². The molecule has 27 heavy (non-hydrogen) atoms. The molecule has 0 aliphatic rings. The Hall–Kier alpha value is -2.94. The highest BCUT2D eigenvalue weighted by Crippen LogP contribution is 2.22. The van der Waals surface area contributed by atoms with Gasteiger partial charge in [0.15, 0.2) is 0 Å². The Morgan fingerprint density at radius 2 is 1.33 bits per heavy atom. The molecule has 0 aliphatic heterocycles. The van der Waals surface area contributed by atoms with E-state index in [0.717, 1.165) is 11.1 Å². The second-order valence-electron chi connectivity index (χ2n) is 6.17. The quantitative estimate of drug-likeness (QED) is 0.626. The average molecular weight is 376 g/mol. The molecular formula is C22H20N2O2S. The van der Waals surface area contributed by atoms with Crippen LogP contribution in [0.15, 0.2) is 89.8 Å². The molecule has 0 aromatic heterocycles. The van der Waals surface area contributed by atoms with Crippen molar-refractivity contribution < 1.29 is 8.42 Å². The molecule has 0 atom stereocenters. The zero-order valence-corrected chi connectivity index (χ0v) is 15.6. The maximum absolute atomic E-state index is 13.3. The van der Waals surface area contributed by atoms with E-state index in [-0.39, 0.29) is 17.0 Å². The highest BCUT2D eigenvalue weighted by Gasteiger charge is 2.27. The Morgan fingerprint density at radius 3 is 1.96 bits per heavy atom. The minimum Gasteiger partial charge on any atom is -0.207 e. The molecule has 0 radical (unpaired) electrons. The molecule has 0 fully saturated rings. The fourth-order valence-corrected chi connectivity index (χ4v) is 4.46. The summed E-state index contributed by atoms with van der Waals surface area (Å²) < 4.78 is 28.1. The normalized spacial score (nSPS) is 11.3. The van der Waals surface area contributed by atoms with Crippen molar-refractivity contribution in [3.63, 3.8) is 0 Å². The molecule has 0 saturated heterocycles. The van der Waals surface area contributed by atoms with Crippen LogP contribution in [0.2, 0.25) is 0 Å². The van der Waals surface area contributed by atoms with E-state index in [1.165, 1.54) is 16.4 Å². The second kappa shape index (κ2) is 8.63. The van der Waals surface area contributed by atoms with Crippen LogP contribution in [0.25, 0.3) is 0 Å². The fourth-order valence-electron chi connectivity index (χ4n) is 2.89.